The fourth-order valence-electron chi connectivity index (χ4n) is 4.97. The SMILES string of the molecule is COc1ccc(C2N=C3C=CC=CN3C2NC(=O)c2cc(C(F)(F)F)cc(C(F)(F)F)c2)cc1OCCN1CCOCC1. The number of allylic oxidation sites excluding steroid dienone is 2. The molecule has 0 bridgehead atoms. The Morgan fingerprint density at radius 2 is 1.70 bits per heavy atom. The number of hydrogen-bond acceptors (Lipinski definition) is 7. The fraction of sp³-hybridized carbons (Fsp3) is 0.379. The van der Waals surface area contributed by atoms with Crippen LogP contribution in [0.15, 0.2) is 65.8 Å². The molecule has 3 aliphatic heterocycles. The van der Waals surface area contributed by atoms with E-state index in [2.05, 4.69) is 15.2 Å². The van der Waals surface area contributed by atoms with E-state index in [-0.39, 0.29) is 6.07 Å². The van der Waals surface area contributed by atoms with Gasteiger partial charge in [0, 0.05) is 31.4 Å². The van der Waals surface area contributed by atoms with Gasteiger partial charge in [-0.1, -0.05) is 12.1 Å². The number of hydrogen-bond donors (Lipinski definition) is 1. The highest BCUT2D eigenvalue weighted by Crippen LogP contribution is 2.39. The van der Waals surface area contributed by atoms with Crippen molar-refractivity contribution in [2.24, 2.45) is 4.99 Å². The van der Waals surface area contributed by atoms with Crippen LogP contribution in [0.1, 0.15) is 33.1 Å². The molecule has 1 N–H and O–H groups in total. The van der Waals surface area contributed by atoms with Crippen molar-refractivity contribution in [1.82, 2.24) is 15.1 Å². The molecule has 0 aliphatic carbocycles. The van der Waals surface area contributed by atoms with Crippen LogP contribution in [-0.2, 0) is 17.1 Å². The summed E-state index contributed by atoms with van der Waals surface area (Å²) in [6.45, 7) is 3.87. The molecule has 43 heavy (non-hydrogen) atoms. The van der Waals surface area contributed by atoms with Crippen molar-refractivity contribution < 1.29 is 45.3 Å². The van der Waals surface area contributed by atoms with Gasteiger partial charge >= 0.3 is 12.4 Å². The zero-order chi connectivity index (χ0) is 30.8. The Morgan fingerprint density at radius 1 is 1.00 bits per heavy atom. The van der Waals surface area contributed by atoms with Crippen LogP contribution in [0, 0.1) is 0 Å². The third-order valence-corrected chi connectivity index (χ3v) is 7.16. The Hall–Kier alpha value is -4.04. The Bertz CT molecular complexity index is 1400. The third-order valence-electron chi connectivity index (χ3n) is 7.16. The predicted octanol–water partition coefficient (Wildman–Crippen LogP) is 5.04. The first-order chi connectivity index (χ1) is 20.4. The Labute approximate surface area is 243 Å². The van der Waals surface area contributed by atoms with Gasteiger partial charge in [0.1, 0.15) is 24.7 Å². The number of methoxy groups -OCH3 is 1. The number of ether oxygens (including phenoxy) is 3. The van der Waals surface area contributed by atoms with Crippen molar-refractivity contribution in [2.75, 3.05) is 46.6 Å². The summed E-state index contributed by atoms with van der Waals surface area (Å²) < 4.78 is 97.4. The molecule has 2 aromatic carbocycles. The smallest absolute Gasteiger partial charge is 0.416 e. The lowest BCUT2D eigenvalue weighted by Crippen LogP contribution is -2.47. The van der Waals surface area contributed by atoms with Gasteiger partial charge in [0.15, 0.2) is 11.5 Å². The first kappa shape index (κ1) is 30.4. The van der Waals surface area contributed by atoms with E-state index in [1.807, 2.05) is 0 Å². The van der Waals surface area contributed by atoms with Gasteiger partial charge in [-0.15, -0.1) is 0 Å². The number of rotatable bonds is 8. The molecule has 230 valence electrons. The maximum Gasteiger partial charge on any atom is 0.416 e. The molecule has 3 aliphatic rings. The average Bonchev–Trinajstić information content (AvgIpc) is 3.34. The number of amidine groups is 1. The minimum atomic E-state index is -5.09. The van der Waals surface area contributed by atoms with Gasteiger partial charge in [0.05, 0.1) is 31.5 Å². The quantitative estimate of drug-likeness (QED) is 0.423. The van der Waals surface area contributed by atoms with Crippen molar-refractivity contribution in [3.63, 3.8) is 0 Å². The highest BCUT2D eigenvalue weighted by atomic mass is 19.4. The van der Waals surface area contributed by atoms with Gasteiger partial charge in [-0.05, 0) is 48.0 Å². The first-order valence-electron chi connectivity index (χ1n) is 13.4. The van der Waals surface area contributed by atoms with Crippen LogP contribution in [0.2, 0.25) is 0 Å². The Morgan fingerprint density at radius 3 is 2.35 bits per heavy atom. The van der Waals surface area contributed by atoms with Crippen LogP contribution in [-0.4, -0.2) is 74.3 Å². The monoisotopic (exact) mass is 610 g/mol. The Balaban J connectivity index is 1.42. The molecule has 0 radical (unpaired) electrons. The lowest BCUT2D eigenvalue weighted by Gasteiger charge is -2.29. The predicted molar refractivity (Wildman–Crippen MR) is 144 cm³/mol. The number of carbonyl (C=O) groups is 1. The van der Waals surface area contributed by atoms with Crippen LogP contribution < -0.4 is 14.8 Å². The van der Waals surface area contributed by atoms with Crippen LogP contribution in [0.3, 0.4) is 0 Å². The number of amides is 1. The van der Waals surface area contributed by atoms with Crippen LogP contribution >= 0.6 is 0 Å². The number of aliphatic imine (C=N–C) groups is 1. The van der Waals surface area contributed by atoms with Crippen molar-refractivity contribution in [3.8, 4) is 11.5 Å². The molecule has 0 spiro atoms. The van der Waals surface area contributed by atoms with Gasteiger partial charge < -0.3 is 24.4 Å². The van der Waals surface area contributed by atoms with Crippen molar-refractivity contribution >= 4 is 11.7 Å². The van der Waals surface area contributed by atoms with Crippen molar-refractivity contribution in [3.05, 3.63) is 83.1 Å². The Kier molecular flexibility index (Phi) is 8.69. The summed E-state index contributed by atoms with van der Waals surface area (Å²) in [7, 11) is 1.49. The molecule has 5 rings (SSSR count). The molecular formula is C29H28F6N4O4. The van der Waals surface area contributed by atoms with E-state index < -0.39 is 47.2 Å². The van der Waals surface area contributed by atoms with Crippen LogP contribution in [0.4, 0.5) is 26.3 Å². The average molecular weight is 611 g/mol. The van der Waals surface area contributed by atoms with E-state index in [0.717, 1.165) is 13.1 Å². The number of nitrogens with zero attached hydrogens (tertiary/aromatic N) is 3. The number of fused-ring (bicyclic) bond motifs is 1. The van der Waals surface area contributed by atoms with Gasteiger partial charge in [0.2, 0.25) is 0 Å². The standard InChI is InChI=1S/C29H28F6N4O4/c1-41-22-6-5-18(16-23(22)43-13-10-38-8-11-42-12-9-38)25-26(39-7-3-2-4-24(39)36-25)37-27(40)19-14-20(28(30,31)32)17-21(15-19)29(33,34)35/h2-7,14-17,25-26H,8-13H2,1H3,(H,37,40). The van der Waals surface area contributed by atoms with Crippen LogP contribution in [0.25, 0.3) is 0 Å². The highest BCUT2D eigenvalue weighted by molar-refractivity contribution is 5.99. The molecule has 2 atom stereocenters. The highest BCUT2D eigenvalue weighted by Gasteiger charge is 2.40. The molecule has 0 saturated carbocycles. The van der Waals surface area contributed by atoms with Crippen molar-refractivity contribution in [1.29, 1.82) is 0 Å². The molecule has 1 amide bonds. The molecule has 14 heteroatoms. The summed E-state index contributed by atoms with van der Waals surface area (Å²) in [5.74, 6) is 0.199. The van der Waals surface area contributed by atoms with E-state index in [4.69, 9.17) is 14.2 Å². The lowest BCUT2D eigenvalue weighted by molar-refractivity contribution is -0.143. The maximum absolute atomic E-state index is 13.4. The zero-order valence-electron chi connectivity index (χ0n) is 22.9. The van der Waals surface area contributed by atoms with E-state index in [1.54, 1.807) is 47.5 Å². The number of benzene rings is 2. The minimum absolute atomic E-state index is 0.0213. The summed E-state index contributed by atoms with van der Waals surface area (Å²) in [4.78, 5) is 21.7. The normalized spacial score (nSPS) is 20.5. The molecule has 0 aromatic heterocycles. The minimum Gasteiger partial charge on any atom is -0.493 e. The first-order valence-corrected chi connectivity index (χ1v) is 13.4. The summed E-state index contributed by atoms with van der Waals surface area (Å²) in [5, 5.41) is 2.60. The molecule has 2 unspecified atom stereocenters. The largest absolute Gasteiger partial charge is 0.493 e. The van der Waals surface area contributed by atoms with Gasteiger partial charge in [-0.25, -0.2) is 0 Å². The van der Waals surface area contributed by atoms with E-state index >= 15 is 0 Å². The molecular weight excluding hydrogens is 582 g/mol. The summed E-state index contributed by atoms with van der Waals surface area (Å²) in [6.07, 6.45) is -4.49. The van der Waals surface area contributed by atoms with Gasteiger partial charge in [-0.2, -0.15) is 26.3 Å². The van der Waals surface area contributed by atoms with Crippen molar-refractivity contribution in [2.45, 2.75) is 24.6 Å². The fourth-order valence-corrected chi connectivity index (χ4v) is 4.97. The lowest BCUT2D eigenvalue weighted by atomic mass is 10.0. The van der Waals surface area contributed by atoms with E-state index in [9.17, 15) is 31.1 Å². The number of morpholine rings is 1. The third kappa shape index (κ3) is 6.96. The number of halogens is 6. The second kappa shape index (κ2) is 12.3. The summed E-state index contributed by atoms with van der Waals surface area (Å²) in [6, 6.07) is 5.07. The second-order valence-corrected chi connectivity index (χ2v) is 9.97. The summed E-state index contributed by atoms with van der Waals surface area (Å²) in [5.41, 5.74) is -3.37. The van der Waals surface area contributed by atoms with Crippen LogP contribution in [0.5, 0.6) is 11.5 Å². The van der Waals surface area contributed by atoms with E-state index in [1.165, 1.54) is 7.11 Å². The molecule has 1 saturated heterocycles. The molecule has 1 fully saturated rings. The maximum atomic E-state index is 13.4. The number of alkyl halides is 6. The summed E-state index contributed by atoms with van der Waals surface area (Å²) >= 11 is 0. The van der Waals surface area contributed by atoms with Gasteiger partial charge in [-0.3, -0.25) is 14.7 Å². The zero-order valence-corrected chi connectivity index (χ0v) is 22.9. The van der Waals surface area contributed by atoms with Gasteiger partial charge in [0.25, 0.3) is 5.91 Å². The molecule has 3 heterocycles. The number of nitrogens with one attached hydrogen (secondary N) is 1. The molecule has 2 aromatic rings. The second-order valence-electron chi connectivity index (χ2n) is 9.97. The number of carbonyl (C=O) groups excluding carboxylic acids is 1. The molecule has 8 nitrogen and oxygen atoms in total. The topological polar surface area (TPSA) is 75.6 Å². The van der Waals surface area contributed by atoms with E-state index in [0.29, 0.717) is 61.4 Å².